The van der Waals surface area contributed by atoms with Crippen LogP contribution in [0.5, 0.6) is 0 Å². The van der Waals surface area contributed by atoms with E-state index in [4.69, 9.17) is 4.74 Å². The van der Waals surface area contributed by atoms with Crippen molar-refractivity contribution in [2.24, 2.45) is 5.92 Å². The molecular weight excluding hydrogens is 196 g/mol. The van der Waals surface area contributed by atoms with Gasteiger partial charge in [0.25, 0.3) is 0 Å². The van der Waals surface area contributed by atoms with Gasteiger partial charge in [0.1, 0.15) is 0 Å². The van der Waals surface area contributed by atoms with Crippen LogP contribution in [-0.4, -0.2) is 6.10 Å². The molecule has 1 aliphatic heterocycles. The van der Waals surface area contributed by atoms with Crippen LogP contribution < -0.4 is 0 Å². The molecule has 0 spiro atoms. The normalized spacial score (nSPS) is 31.0. The Morgan fingerprint density at radius 3 is 2.31 bits per heavy atom. The Morgan fingerprint density at radius 2 is 1.62 bits per heavy atom. The molecule has 1 aromatic carbocycles. The number of ether oxygens (including phenoxy) is 1. The lowest BCUT2D eigenvalue weighted by Crippen LogP contribution is -2.33. The second kappa shape index (κ2) is 4.58. The molecule has 0 N–H and O–H groups in total. The highest BCUT2D eigenvalue weighted by molar-refractivity contribution is 5.18. The lowest BCUT2D eigenvalue weighted by atomic mass is 9.78. The second-order valence-corrected chi connectivity index (χ2v) is 5.20. The Bertz CT molecular complexity index is 329. The van der Waals surface area contributed by atoms with Crippen LogP contribution in [0.15, 0.2) is 30.3 Å². The van der Waals surface area contributed by atoms with Gasteiger partial charge in [-0.15, -0.1) is 0 Å². The summed E-state index contributed by atoms with van der Waals surface area (Å²) in [5, 5.41) is 0. The Labute approximate surface area is 97.8 Å². The number of hydrogen-bond donors (Lipinski definition) is 0. The highest BCUT2D eigenvalue weighted by Crippen LogP contribution is 2.40. The van der Waals surface area contributed by atoms with E-state index < -0.39 is 0 Å². The van der Waals surface area contributed by atoms with Crippen LogP contribution in [-0.2, 0) is 4.74 Å². The maximum Gasteiger partial charge on any atom is 0.0828 e. The molecule has 0 radical (unpaired) electrons. The lowest BCUT2D eigenvalue weighted by Gasteiger charge is -2.39. The minimum atomic E-state index is 0.362. The van der Waals surface area contributed by atoms with E-state index in [0.29, 0.717) is 12.2 Å². The average Bonchev–Trinajstić information content (AvgIpc) is 2.28. The summed E-state index contributed by atoms with van der Waals surface area (Å²) < 4.78 is 6.28. The molecular formula is C15H20O. The Hall–Kier alpha value is -0.820. The summed E-state index contributed by atoms with van der Waals surface area (Å²) in [6, 6.07) is 10.7. The molecule has 86 valence electrons. The number of rotatable bonds is 2. The molecule has 1 heterocycles. The van der Waals surface area contributed by atoms with Gasteiger partial charge in [-0.25, -0.2) is 0 Å². The number of hydrogen-bond acceptors (Lipinski definition) is 1. The Balaban J connectivity index is 1.67. The maximum absolute atomic E-state index is 6.28. The van der Waals surface area contributed by atoms with Gasteiger partial charge in [-0.3, -0.25) is 0 Å². The number of benzene rings is 1. The van der Waals surface area contributed by atoms with Crippen molar-refractivity contribution in [3.8, 4) is 0 Å². The molecule has 16 heavy (non-hydrogen) atoms. The molecule has 0 unspecified atom stereocenters. The second-order valence-electron chi connectivity index (χ2n) is 5.20. The van der Waals surface area contributed by atoms with Crippen LogP contribution in [0.25, 0.3) is 0 Å². The zero-order chi connectivity index (χ0) is 10.8. The van der Waals surface area contributed by atoms with E-state index in [0.717, 1.165) is 5.92 Å². The van der Waals surface area contributed by atoms with Gasteiger partial charge in [-0.2, -0.15) is 0 Å². The molecule has 1 saturated heterocycles. The molecule has 2 atom stereocenters. The van der Waals surface area contributed by atoms with Crippen molar-refractivity contribution >= 4 is 0 Å². The van der Waals surface area contributed by atoms with Gasteiger partial charge in [-0.05, 0) is 43.6 Å². The summed E-state index contributed by atoms with van der Waals surface area (Å²) in [6.45, 7) is 0. The molecule has 2 fully saturated rings. The smallest absolute Gasteiger partial charge is 0.0828 e. The van der Waals surface area contributed by atoms with E-state index in [1.165, 1.54) is 44.1 Å². The zero-order valence-electron chi connectivity index (χ0n) is 9.77. The molecule has 2 aliphatic rings. The molecule has 1 heteroatoms. The lowest BCUT2D eigenvalue weighted by molar-refractivity contribution is -0.0948. The van der Waals surface area contributed by atoms with E-state index in [1.54, 1.807) is 0 Å². The molecule has 0 aromatic heterocycles. The fourth-order valence-corrected chi connectivity index (χ4v) is 2.92. The van der Waals surface area contributed by atoms with E-state index >= 15 is 0 Å². The third kappa shape index (κ3) is 2.01. The van der Waals surface area contributed by atoms with E-state index in [-0.39, 0.29) is 0 Å². The fraction of sp³-hybridized carbons (Fsp3) is 0.600. The first-order valence-electron chi connectivity index (χ1n) is 6.64. The van der Waals surface area contributed by atoms with E-state index in [9.17, 15) is 0 Å². The predicted octanol–water partition coefficient (Wildman–Crippen LogP) is 4.10. The van der Waals surface area contributed by atoms with Gasteiger partial charge >= 0.3 is 0 Å². The standard InChI is InChI=1S/C15H20O/c1-2-6-12(7-3-1)14-10-5-11-15(16-14)13-8-4-9-13/h1-3,6-7,13-15H,4-5,8-11H2/t14-,15+/m0/s1. The van der Waals surface area contributed by atoms with Crippen LogP contribution in [0, 0.1) is 5.92 Å². The summed E-state index contributed by atoms with van der Waals surface area (Å²) in [6.07, 6.45) is 8.94. The van der Waals surface area contributed by atoms with Crippen molar-refractivity contribution < 1.29 is 4.74 Å². The van der Waals surface area contributed by atoms with Gasteiger partial charge in [0.2, 0.25) is 0 Å². The van der Waals surface area contributed by atoms with Crippen molar-refractivity contribution in [2.45, 2.75) is 50.7 Å². The zero-order valence-corrected chi connectivity index (χ0v) is 9.77. The van der Waals surface area contributed by atoms with Gasteiger partial charge in [-0.1, -0.05) is 36.8 Å². The van der Waals surface area contributed by atoms with Crippen LogP contribution in [0.4, 0.5) is 0 Å². The third-order valence-electron chi connectivity index (χ3n) is 4.14. The molecule has 1 saturated carbocycles. The Morgan fingerprint density at radius 1 is 0.875 bits per heavy atom. The van der Waals surface area contributed by atoms with Crippen LogP contribution >= 0.6 is 0 Å². The monoisotopic (exact) mass is 216 g/mol. The third-order valence-corrected chi connectivity index (χ3v) is 4.14. The fourth-order valence-electron chi connectivity index (χ4n) is 2.92. The van der Waals surface area contributed by atoms with Crippen molar-refractivity contribution in [1.29, 1.82) is 0 Å². The molecule has 0 bridgehead atoms. The minimum Gasteiger partial charge on any atom is -0.370 e. The summed E-state index contributed by atoms with van der Waals surface area (Å²) in [4.78, 5) is 0. The van der Waals surface area contributed by atoms with Crippen molar-refractivity contribution in [3.05, 3.63) is 35.9 Å². The Kier molecular flexibility index (Phi) is 2.96. The molecule has 3 rings (SSSR count). The first-order chi connectivity index (χ1) is 7.93. The van der Waals surface area contributed by atoms with Crippen molar-refractivity contribution in [2.75, 3.05) is 0 Å². The van der Waals surface area contributed by atoms with Crippen LogP contribution in [0.1, 0.15) is 50.2 Å². The highest BCUT2D eigenvalue weighted by atomic mass is 16.5. The quantitative estimate of drug-likeness (QED) is 0.723. The molecule has 1 aromatic rings. The van der Waals surface area contributed by atoms with E-state index in [2.05, 4.69) is 30.3 Å². The molecule has 1 nitrogen and oxygen atoms in total. The summed E-state index contributed by atoms with van der Waals surface area (Å²) in [5.74, 6) is 0.867. The SMILES string of the molecule is c1ccc([C@@H]2CCC[C@H](C3CCC3)O2)cc1. The average molecular weight is 216 g/mol. The van der Waals surface area contributed by atoms with Gasteiger partial charge in [0, 0.05) is 0 Å². The first-order valence-corrected chi connectivity index (χ1v) is 6.64. The van der Waals surface area contributed by atoms with E-state index in [1.807, 2.05) is 0 Å². The highest BCUT2D eigenvalue weighted by Gasteiger charge is 2.32. The predicted molar refractivity (Wildman–Crippen MR) is 65.2 cm³/mol. The minimum absolute atomic E-state index is 0.362. The van der Waals surface area contributed by atoms with Crippen molar-refractivity contribution in [1.82, 2.24) is 0 Å². The summed E-state index contributed by atoms with van der Waals surface area (Å²) >= 11 is 0. The van der Waals surface area contributed by atoms with Crippen LogP contribution in [0.2, 0.25) is 0 Å². The van der Waals surface area contributed by atoms with Gasteiger partial charge in [0.05, 0.1) is 12.2 Å². The van der Waals surface area contributed by atoms with Gasteiger partial charge < -0.3 is 4.74 Å². The largest absolute Gasteiger partial charge is 0.370 e. The van der Waals surface area contributed by atoms with Gasteiger partial charge in [0.15, 0.2) is 0 Å². The molecule has 1 aliphatic carbocycles. The van der Waals surface area contributed by atoms with Crippen molar-refractivity contribution in [3.63, 3.8) is 0 Å². The molecule has 0 amide bonds. The maximum atomic E-state index is 6.28. The summed E-state index contributed by atoms with van der Waals surface area (Å²) in [5.41, 5.74) is 1.37. The topological polar surface area (TPSA) is 9.23 Å². The summed E-state index contributed by atoms with van der Waals surface area (Å²) in [7, 11) is 0. The first kappa shape index (κ1) is 10.3. The van der Waals surface area contributed by atoms with Crippen LogP contribution in [0.3, 0.4) is 0 Å².